The number of carbonyl (C=O) groups is 2. The van der Waals surface area contributed by atoms with Gasteiger partial charge >= 0.3 is 5.97 Å². The van der Waals surface area contributed by atoms with Crippen molar-refractivity contribution in [3.8, 4) is 0 Å². The van der Waals surface area contributed by atoms with E-state index in [-0.39, 0.29) is 18.5 Å². The van der Waals surface area contributed by atoms with E-state index in [0.717, 1.165) is 53.5 Å². The van der Waals surface area contributed by atoms with Crippen LogP contribution in [0.1, 0.15) is 48.9 Å². The van der Waals surface area contributed by atoms with Crippen molar-refractivity contribution in [2.45, 2.75) is 45.8 Å². The van der Waals surface area contributed by atoms with Crippen LogP contribution in [0.25, 0.3) is 0 Å². The van der Waals surface area contributed by atoms with Gasteiger partial charge in [-0.1, -0.05) is 71.9 Å². The number of allylic oxidation sites excluding steroid dienone is 1. The Morgan fingerprint density at radius 1 is 1.03 bits per heavy atom. The molecule has 7 heteroatoms. The molecule has 0 spiro atoms. The van der Waals surface area contributed by atoms with Crippen LogP contribution in [0.3, 0.4) is 0 Å². The molecule has 5 rings (SSSR count). The molecule has 1 saturated heterocycles. The molecule has 0 bridgehead atoms. The second-order valence-electron chi connectivity index (χ2n) is 9.13. The molecule has 1 atom stereocenters. The second-order valence-corrected chi connectivity index (χ2v) is 9.97. The molecular weight excluding hydrogens is 458 g/mol. The zero-order valence-electron chi connectivity index (χ0n) is 20.1. The van der Waals surface area contributed by atoms with Gasteiger partial charge in [-0.3, -0.25) is 4.79 Å². The normalized spacial score (nSPS) is 19.4. The highest BCUT2D eigenvalue weighted by Gasteiger charge is 2.41. The van der Waals surface area contributed by atoms with Crippen molar-refractivity contribution in [2.75, 3.05) is 13.1 Å². The van der Waals surface area contributed by atoms with Crippen LogP contribution in [-0.2, 0) is 20.9 Å². The summed E-state index contributed by atoms with van der Waals surface area (Å²) in [6, 6.07) is 17.4. The van der Waals surface area contributed by atoms with Gasteiger partial charge in [0.05, 0.1) is 23.7 Å². The maximum absolute atomic E-state index is 13.5. The smallest absolute Gasteiger partial charge is 0.338 e. The summed E-state index contributed by atoms with van der Waals surface area (Å²) in [5, 5.41) is 2.79. The summed E-state index contributed by atoms with van der Waals surface area (Å²) < 4.78 is 5.77. The Morgan fingerprint density at radius 3 is 2.46 bits per heavy atom. The van der Waals surface area contributed by atoms with E-state index in [1.807, 2.05) is 78.8 Å². The number of fused-ring (bicyclic) bond motifs is 1. The molecule has 0 aliphatic carbocycles. The maximum Gasteiger partial charge on any atom is 0.338 e. The lowest BCUT2D eigenvalue weighted by molar-refractivity contribution is -0.141. The summed E-state index contributed by atoms with van der Waals surface area (Å²) >= 11 is 1.51. The van der Waals surface area contributed by atoms with Crippen LogP contribution in [0, 0.1) is 6.92 Å². The van der Waals surface area contributed by atoms with Gasteiger partial charge in [-0.05, 0) is 43.2 Å². The van der Waals surface area contributed by atoms with Crippen molar-refractivity contribution in [3.05, 3.63) is 93.7 Å². The van der Waals surface area contributed by atoms with Crippen LogP contribution >= 0.6 is 11.8 Å². The van der Waals surface area contributed by atoms with Crippen LogP contribution in [0.2, 0.25) is 0 Å². The number of likely N-dealkylation sites (tertiary alicyclic amines) is 1. The van der Waals surface area contributed by atoms with E-state index in [2.05, 4.69) is 4.90 Å². The Kier molecular flexibility index (Phi) is 6.77. The summed E-state index contributed by atoms with van der Waals surface area (Å²) in [5.74, 6) is -0.264. The van der Waals surface area contributed by atoms with Crippen LogP contribution in [0.5, 0.6) is 0 Å². The van der Waals surface area contributed by atoms with Crippen molar-refractivity contribution >= 4 is 28.8 Å². The zero-order chi connectivity index (χ0) is 24.4. The Bertz CT molecular complexity index is 1210. The number of amidine groups is 1. The molecule has 2 aromatic rings. The summed E-state index contributed by atoms with van der Waals surface area (Å²) in [6.07, 6.45) is 2.41. The van der Waals surface area contributed by atoms with E-state index in [1.54, 1.807) is 0 Å². The highest BCUT2D eigenvalue weighted by atomic mass is 32.2. The minimum absolute atomic E-state index is 0.123. The number of nitrogens with zero attached hydrogens (tertiary/aromatic N) is 3. The molecule has 2 aromatic carbocycles. The molecule has 180 valence electrons. The number of amides is 1. The van der Waals surface area contributed by atoms with E-state index in [4.69, 9.17) is 9.73 Å². The van der Waals surface area contributed by atoms with E-state index >= 15 is 0 Å². The van der Waals surface area contributed by atoms with Gasteiger partial charge in [0, 0.05) is 18.8 Å². The van der Waals surface area contributed by atoms with Gasteiger partial charge < -0.3 is 14.5 Å². The topological polar surface area (TPSA) is 62.2 Å². The largest absolute Gasteiger partial charge is 0.457 e. The lowest BCUT2D eigenvalue weighted by Gasteiger charge is -2.36. The van der Waals surface area contributed by atoms with Crippen molar-refractivity contribution in [2.24, 2.45) is 4.99 Å². The molecule has 3 aliphatic heterocycles. The third-order valence-electron chi connectivity index (χ3n) is 6.62. The minimum atomic E-state index is -0.404. The summed E-state index contributed by atoms with van der Waals surface area (Å²) in [5.41, 5.74) is 5.07. The Hall–Kier alpha value is -3.32. The monoisotopic (exact) mass is 487 g/mol. The molecule has 1 fully saturated rings. The van der Waals surface area contributed by atoms with E-state index in [9.17, 15) is 9.59 Å². The number of benzene rings is 2. The Morgan fingerprint density at radius 2 is 1.74 bits per heavy atom. The first kappa shape index (κ1) is 23.4. The molecule has 1 unspecified atom stereocenters. The predicted octanol–water partition coefficient (Wildman–Crippen LogP) is 5.33. The maximum atomic E-state index is 13.5. The molecule has 3 aliphatic rings. The molecule has 0 radical (unpaired) electrons. The lowest BCUT2D eigenvalue weighted by atomic mass is 9.93. The predicted molar refractivity (Wildman–Crippen MR) is 138 cm³/mol. The second kappa shape index (κ2) is 10.1. The fourth-order valence-corrected chi connectivity index (χ4v) is 5.69. The number of thioether (sulfide) groups is 1. The summed E-state index contributed by atoms with van der Waals surface area (Å²) in [4.78, 5) is 35.2. The fourth-order valence-electron chi connectivity index (χ4n) is 4.73. The van der Waals surface area contributed by atoms with Crippen molar-refractivity contribution in [1.29, 1.82) is 0 Å². The number of aryl methyl sites for hydroxylation is 1. The SMILES string of the molecule is CC1=C(C(=O)OCc2ccccc2)C(c2ccc(C)cc2)N2C(CC(=O)N3CCCC3)=CSC2=N1. The van der Waals surface area contributed by atoms with E-state index in [0.29, 0.717) is 17.7 Å². The highest BCUT2D eigenvalue weighted by molar-refractivity contribution is 8.16. The number of rotatable bonds is 6. The Balaban J connectivity index is 1.46. The van der Waals surface area contributed by atoms with E-state index < -0.39 is 6.04 Å². The zero-order valence-corrected chi connectivity index (χ0v) is 20.9. The average Bonchev–Trinajstić information content (AvgIpc) is 3.54. The van der Waals surface area contributed by atoms with Gasteiger partial charge in [-0.2, -0.15) is 0 Å². The summed E-state index contributed by atoms with van der Waals surface area (Å²) in [7, 11) is 0. The number of ether oxygens (including phenoxy) is 1. The quantitative estimate of drug-likeness (QED) is 0.516. The molecule has 0 N–H and O–H groups in total. The standard InChI is InChI=1S/C28H29N3O3S/c1-19-10-12-22(13-11-19)26-25(27(33)34-17-21-8-4-3-5-9-21)20(2)29-28-31(26)23(18-35-28)16-24(32)30-14-6-7-15-30/h3-5,8-13,18,26H,6-7,14-17H2,1-2H3. The van der Waals surface area contributed by atoms with Crippen LogP contribution in [0.15, 0.2) is 82.0 Å². The summed E-state index contributed by atoms with van der Waals surface area (Å²) in [6.45, 7) is 5.73. The van der Waals surface area contributed by atoms with Crippen molar-refractivity contribution in [3.63, 3.8) is 0 Å². The first-order chi connectivity index (χ1) is 17.0. The van der Waals surface area contributed by atoms with Gasteiger partial charge in [0.1, 0.15) is 6.61 Å². The molecule has 1 amide bonds. The van der Waals surface area contributed by atoms with Crippen molar-refractivity contribution in [1.82, 2.24) is 9.80 Å². The van der Waals surface area contributed by atoms with E-state index in [1.165, 1.54) is 11.8 Å². The van der Waals surface area contributed by atoms with Crippen LogP contribution < -0.4 is 0 Å². The molecule has 35 heavy (non-hydrogen) atoms. The number of hydrogen-bond acceptors (Lipinski definition) is 6. The van der Waals surface area contributed by atoms with Gasteiger partial charge in [0.25, 0.3) is 0 Å². The van der Waals surface area contributed by atoms with Gasteiger partial charge in [-0.25, -0.2) is 9.79 Å². The average molecular weight is 488 g/mol. The molecule has 3 heterocycles. The first-order valence-corrected chi connectivity index (χ1v) is 12.9. The van der Waals surface area contributed by atoms with Crippen LogP contribution in [-0.4, -0.2) is 39.9 Å². The number of esters is 1. The van der Waals surface area contributed by atoms with Crippen LogP contribution in [0.4, 0.5) is 0 Å². The van der Waals surface area contributed by atoms with Gasteiger partial charge in [0.2, 0.25) is 5.91 Å². The first-order valence-electron chi connectivity index (χ1n) is 12.0. The molecule has 0 saturated carbocycles. The number of carbonyl (C=O) groups excluding carboxylic acids is 2. The van der Waals surface area contributed by atoms with Gasteiger partial charge in [0.15, 0.2) is 5.17 Å². The minimum Gasteiger partial charge on any atom is -0.457 e. The third kappa shape index (κ3) is 4.91. The highest BCUT2D eigenvalue weighted by Crippen LogP contribution is 2.45. The third-order valence-corrected chi connectivity index (χ3v) is 7.51. The van der Waals surface area contributed by atoms with Gasteiger partial charge in [-0.15, -0.1) is 0 Å². The molecule has 0 aromatic heterocycles. The number of hydrogen-bond donors (Lipinski definition) is 0. The van der Waals surface area contributed by atoms with Crippen molar-refractivity contribution < 1.29 is 14.3 Å². The fraction of sp³-hybridized carbons (Fsp3) is 0.321. The number of aliphatic imine (C=N–C) groups is 1. The molecular formula is C28H29N3O3S. The Labute approximate surface area is 210 Å². The molecule has 6 nitrogen and oxygen atoms in total. The lowest BCUT2D eigenvalue weighted by Crippen LogP contribution is -2.38.